The number of rotatable bonds is 9. The number of nitrogens with zero attached hydrogens (tertiary/aromatic N) is 6. The Bertz CT molecular complexity index is 1480. The Morgan fingerprint density at radius 3 is 2.36 bits per heavy atom. The topological polar surface area (TPSA) is 160 Å². The van der Waals surface area contributed by atoms with E-state index in [-0.39, 0.29) is 24.5 Å². The molecule has 0 bridgehead atoms. The van der Waals surface area contributed by atoms with Gasteiger partial charge in [0, 0.05) is 26.1 Å². The van der Waals surface area contributed by atoms with Crippen LogP contribution >= 0.6 is 0 Å². The van der Waals surface area contributed by atoms with Gasteiger partial charge >= 0.3 is 5.91 Å². The molecule has 0 atom stereocenters. The largest absolute Gasteiger partial charge is 0.494 e. The van der Waals surface area contributed by atoms with Gasteiger partial charge in [-0.15, -0.1) is 10.2 Å². The van der Waals surface area contributed by atoms with Gasteiger partial charge in [0.25, 0.3) is 0 Å². The molecule has 0 saturated carbocycles. The summed E-state index contributed by atoms with van der Waals surface area (Å²) in [5, 5.41) is 8.11. The Hall–Kier alpha value is -4.59. The maximum Gasteiger partial charge on any atom is 0.303 e. The number of ether oxygens (including phenoxy) is 3. The van der Waals surface area contributed by atoms with Crippen molar-refractivity contribution in [1.29, 1.82) is 0 Å². The van der Waals surface area contributed by atoms with Gasteiger partial charge in [0.2, 0.25) is 21.7 Å². The number of pyridine rings is 1. The quantitative estimate of drug-likeness (QED) is 0.346. The number of nitrogens with one attached hydrogen (secondary N) is 1. The van der Waals surface area contributed by atoms with Crippen LogP contribution in [0.1, 0.15) is 17.7 Å². The molecule has 0 aliphatic heterocycles. The second-order valence-electron chi connectivity index (χ2n) is 7.15. The number of para-hydroxylation sites is 1. The molecule has 36 heavy (non-hydrogen) atoms. The summed E-state index contributed by atoms with van der Waals surface area (Å²) in [6, 6.07) is 9.95. The van der Waals surface area contributed by atoms with E-state index in [9.17, 15) is 13.2 Å². The van der Waals surface area contributed by atoms with Crippen molar-refractivity contribution in [1.82, 2.24) is 34.4 Å². The molecule has 188 valence electrons. The van der Waals surface area contributed by atoms with Gasteiger partial charge in [-0.1, -0.05) is 12.1 Å². The normalized spacial score (nSPS) is 11.1. The average molecular weight is 514 g/mol. The van der Waals surface area contributed by atoms with Gasteiger partial charge < -0.3 is 14.2 Å². The van der Waals surface area contributed by atoms with Gasteiger partial charge in [-0.05, 0) is 18.2 Å². The summed E-state index contributed by atoms with van der Waals surface area (Å²) in [5.74, 6) is -0.902. The Morgan fingerprint density at radius 1 is 1.00 bits per heavy atom. The first-order valence-corrected chi connectivity index (χ1v) is 12.0. The number of hydrogen-bond donors (Lipinski definition) is 1. The van der Waals surface area contributed by atoms with Gasteiger partial charge in [0.15, 0.2) is 5.82 Å². The Morgan fingerprint density at radius 2 is 1.72 bits per heavy atom. The van der Waals surface area contributed by atoms with E-state index in [1.807, 2.05) is 4.72 Å². The lowest BCUT2D eigenvalue weighted by atomic mass is 10.2. The summed E-state index contributed by atoms with van der Waals surface area (Å²) in [6.45, 7) is 0. The SMILES string of the molecule is COc1cccc(-c2nnc(C(=O)NS(=O)(=O)Cc3cnccn3)n2-c2c(OC)cccc2OC)n1.[HH]. The zero-order valence-electron chi connectivity index (χ0n) is 19.4. The molecule has 14 heteroatoms. The predicted octanol–water partition coefficient (Wildman–Crippen LogP) is 1.65. The summed E-state index contributed by atoms with van der Waals surface area (Å²) in [7, 11) is 0.183. The van der Waals surface area contributed by atoms with Crippen molar-refractivity contribution in [3.05, 3.63) is 66.5 Å². The second-order valence-corrected chi connectivity index (χ2v) is 8.87. The van der Waals surface area contributed by atoms with E-state index in [1.165, 1.54) is 44.5 Å². The fourth-order valence-corrected chi connectivity index (χ4v) is 4.32. The molecule has 4 rings (SSSR count). The van der Waals surface area contributed by atoms with Gasteiger partial charge in [-0.25, -0.2) is 18.1 Å². The van der Waals surface area contributed by atoms with Crippen LogP contribution in [-0.2, 0) is 15.8 Å². The van der Waals surface area contributed by atoms with Crippen molar-refractivity contribution in [2.24, 2.45) is 0 Å². The van der Waals surface area contributed by atoms with Crippen molar-refractivity contribution in [2.45, 2.75) is 5.75 Å². The molecule has 4 aromatic rings. The number of amides is 1. The molecular weight excluding hydrogens is 490 g/mol. The fourth-order valence-electron chi connectivity index (χ4n) is 3.34. The highest BCUT2D eigenvalue weighted by atomic mass is 32.2. The lowest BCUT2D eigenvalue weighted by Gasteiger charge is -2.17. The highest BCUT2D eigenvalue weighted by Gasteiger charge is 2.29. The molecule has 0 radical (unpaired) electrons. The van der Waals surface area contributed by atoms with Crippen LogP contribution in [0, 0.1) is 0 Å². The average Bonchev–Trinajstić information content (AvgIpc) is 3.33. The molecule has 0 unspecified atom stereocenters. The third kappa shape index (κ3) is 5.07. The first kappa shape index (κ1) is 24.5. The molecule has 0 fully saturated rings. The summed E-state index contributed by atoms with van der Waals surface area (Å²) in [4.78, 5) is 25.4. The molecule has 3 heterocycles. The maximum atomic E-state index is 13.2. The first-order chi connectivity index (χ1) is 17.4. The van der Waals surface area contributed by atoms with Crippen molar-refractivity contribution < 1.29 is 28.8 Å². The molecule has 0 aliphatic rings. The van der Waals surface area contributed by atoms with E-state index in [4.69, 9.17) is 14.2 Å². The molecule has 0 saturated heterocycles. The zero-order chi connectivity index (χ0) is 25.7. The van der Waals surface area contributed by atoms with Crippen LogP contribution in [-0.4, -0.2) is 65.4 Å². The van der Waals surface area contributed by atoms with Gasteiger partial charge in [-0.3, -0.25) is 19.3 Å². The number of carbonyl (C=O) groups is 1. The van der Waals surface area contributed by atoms with Gasteiger partial charge in [0.05, 0.1) is 27.0 Å². The lowest BCUT2D eigenvalue weighted by molar-refractivity contribution is 0.0969. The Kier molecular flexibility index (Phi) is 7.05. The molecule has 0 spiro atoms. The van der Waals surface area contributed by atoms with Crippen LogP contribution in [0.5, 0.6) is 17.4 Å². The number of carbonyl (C=O) groups excluding carboxylic acids is 1. The maximum absolute atomic E-state index is 13.2. The highest BCUT2D eigenvalue weighted by molar-refractivity contribution is 7.89. The Labute approximate surface area is 207 Å². The van der Waals surface area contributed by atoms with Crippen LogP contribution in [0.4, 0.5) is 0 Å². The van der Waals surface area contributed by atoms with Crippen LogP contribution in [0.25, 0.3) is 17.2 Å². The fraction of sp³-hybridized carbons (Fsp3) is 0.182. The van der Waals surface area contributed by atoms with Gasteiger partial charge in [0.1, 0.15) is 28.6 Å². The minimum atomic E-state index is -4.16. The standard InChI is InChI=1S/C22H21N7O6S.H2/c1-33-16-7-5-8-17(34-2)19(16)29-20(15-6-4-9-18(25-15)35-3)26-27-21(29)22(30)28-36(31,32)13-14-12-23-10-11-24-14;/h4-12H,13H2,1-3H3,(H,28,30);1H. The summed E-state index contributed by atoms with van der Waals surface area (Å²) in [5.41, 5.74) is 0.729. The van der Waals surface area contributed by atoms with Crippen molar-refractivity contribution >= 4 is 15.9 Å². The third-order valence-corrected chi connectivity index (χ3v) is 6.03. The number of sulfonamides is 1. The minimum Gasteiger partial charge on any atom is -0.494 e. The van der Waals surface area contributed by atoms with Crippen LogP contribution in [0.3, 0.4) is 0 Å². The summed E-state index contributed by atoms with van der Waals surface area (Å²) < 4.78 is 44.9. The van der Waals surface area contributed by atoms with Crippen LogP contribution in [0.2, 0.25) is 0 Å². The summed E-state index contributed by atoms with van der Waals surface area (Å²) in [6.07, 6.45) is 4.05. The van der Waals surface area contributed by atoms with Crippen molar-refractivity contribution in [3.63, 3.8) is 0 Å². The summed E-state index contributed by atoms with van der Waals surface area (Å²) >= 11 is 0. The van der Waals surface area contributed by atoms with E-state index in [0.717, 1.165) is 0 Å². The first-order valence-electron chi connectivity index (χ1n) is 10.3. The number of aromatic nitrogens is 6. The van der Waals surface area contributed by atoms with Crippen LogP contribution < -0.4 is 18.9 Å². The molecule has 0 aliphatic carbocycles. The molecule has 1 N–H and O–H groups in total. The van der Waals surface area contributed by atoms with E-state index >= 15 is 0 Å². The van der Waals surface area contributed by atoms with Gasteiger partial charge in [-0.2, -0.15) is 0 Å². The third-order valence-electron chi connectivity index (χ3n) is 4.86. The molecule has 3 aromatic heterocycles. The monoisotopic (exact) mass is 513 g/mol. The number of benzene rings is 1. The van der Waals surface area contributed by atoms with Crippen molar-refractivity contribution in [3.8, 4) is 34.6 Å². The minimum absolute atomic E-state index is 0. The predicted molar refractivity (Wildman–Crippen MR) is 128 cm³/mol. The zero-order valence-corrected chi connectivity index (χ0v) is 20.3. The second kappa shape index (κ2) is 10.4. The molecule has 1 amide bonds. The van der Waals surface area contributed by atoms with Crippen molar-refractivity contribution in [2.75, 3.05) is 21.3 Å². The van der Waals surface area contributed by atoms with Crippen LogP contribution in [0.15, 0.2) is 55.0 Å². The van der Waals surface area contributed by atoms with E-state index < -0.39 is 21.7 Å². The smallest absolute Gasteiger partial charge is 0.303 e. The number of methoxy groups -OCH3 is 3. The molecular formula is C22H23N7O6S. The molecule has 1 aromatic carbocycles. The van der Waals surface area contributed by atoms with E-state index in [2.05, 4.69) is 25.1 Å². The number of hydrogen-bond acceptors (Lipinski definition) is 11. The Balaban J connectivity index is 0.00000380. The highest BCUT2D eigenvalue weighted by Crippen LogP contribution is 2.36. The molecule has 13 nitrogen and oxygen atoms in total. The van der Waals surface area contributed by atoms with E-state index in [1.54, 1.807) is 36.4 Å². The van der Waals surface area contributed by atoms with E-state index in [0.29, 0.717) is 23.1 Å². The lowest BCUT2D eigenvalue weighted by Crippen LogP contribution is -2.33.